The van der Waals surface area contributed by atoms with E-state index in [0.717, 1.165) is 16.7 Å². The van der Waals surface area contributed by atoms with E-state index in [4.69, 9.17) is 0 Å². The molecule has 0 aliphatic rings. The van der Waals surface area contributed by atoms with E-state index in [-0.39, 0.29) is 5.91 Å². The number of aromatic amines is 1. The summed E-state index contributed by atoms with van der Waals surface area (Å²) in [6.45, 7) is 0.492. The molecule has 0 aliphatic carbocycles. The van der Waals surface area contributed by atoms with Crippen LogP contribution in [0.3, 0.4) is 0 Å². The van der Waals surface area contributed by atoms with Crippen molar-refractivity contribution in [2.45, 2.75) is 6.54 Å². The highest BCUT2D eigenvalue weighted by Gasteiger charge is 2.08. The first-order valence-corrected chi connectivity index (χ1v) is 6.05. The average molecular weight is 254 g/mol. The minimum absolute atomic E-state index is 0.0952. The summed E-state index contributed by atoms with van der Waals surface area (Å²) < 4.78 is 1.93. The summed E-state index contributed by atoms with van der Waals surface area (Å²) in [6, 6.07) is 9.36. The number of amides is 1. The predicted molar refractivity (Wildman–Crippen MR) is 72.7 cm³/mol. The van der Waals surface area contributed by atoms with Crippen LogP contribution in [-0.2, 0) is 13.6 Å². The molecular formula is C14H14N4O. The van der Waals surface area contributed by atoms with E-state index >= 15 is 0 Å². The number of carbonyl (C=O) groups is 1. The standard InChI is InChI=1S/C14H14N4O/c1-18-9-17-12-7-10(4-5-13(12)18)14(19)16-8-11-3-2-6-15-11/h2-7,9,15H,8H2,1H3,(H,16,19). The Balaban J connectivity index is 1.77. The highest BCUT2D eigenvalue weighted by Crippen LogP contribution is 2.13. The maximum atomic E-state index is 12.0. The lowest BCUT2D eigenvalue weighted by molar-refractivity contribution is 0.0950. The second-order valence-electron chi connectivity index (χ2n) is 4.44. The fourth-order valence-corrected chi connectivity index (χ4v) is 2.03. The molecule has 3 aromatic rings. The first-order valence-electron chi connectivity index (χ1n) is 6.05. The van der Waals surface area contributed by atoms with Gasteiger partial charge in [-0.15, -0.1) is 0 Å². The van der Waals surface area contributed by atoms with Crippen molar-refractivity contribution < 1.29 is 4.79 Å². The Bertz CT molecular complexity index is 712. The van der Waals surface area contributed by atoms with Crippen LogP contribution in [0.15, 0.2) is 42.9 Å². The number of aromatic nitrogens is 3. The van der Waals surface area contributed by atoms with Gasteiger partial charge in [-0.3, -0.25) is 4.79 Å². The van der Waals surface area contributed by atoms with Crippen molar-refractivity contribution in [2.24, 2.45) is 7.05 Å². The van der Waals surface area contributed by atoms with Crippen LogP contribution in [0.25, 0.3) is 11.0 Å². The molecule has 1 aromatic carbocycles. The second-order valence-corrected chi connectivity index (χ2v) is 4.44. The summed E-state index contributed by atoms with van der Waals surface area (Å²) in [5.74, 6) is -0.0952. The molecule has 1 amide bonds. The van der Waals surface area contributed by atoms with Gasteiger partial charge in [0, 0.05) is 24.5 Å². The number of aryl methyl sites for hydroxylation is 1. The zero-order chi connectivity index (χ0) is 13.2. The summed E-state index contributed by atoms with van der Waals surface area (Å²) in [6.07, 6.45) is 3.58. The highest BCUT2D eigenvalue weighted by molar-refractivity contribution is 5.97. The minimum atomic E-state index is -0.0952. The van der Waals surface area contributed by atoms with Crippen molar-refractivity contribution in [1.82, 2.24) is 19.9 Å². The van der Waals surface area contributed by atoms with E-state index in [1.807, 2.05) is 42.1 Å². The summed E-state index contributed by atoms with van der Waals surface area (Å²) in [4.78, 5) is 19.3. The fourth-order valence-electron chi connectivity index (χ4n) is 2.03. The third-order valence-electron chi connectivity index (χ3n) is 3.09. The minimum Gasteiger partial charge on any atom is -0.364 e. The number of fused-ring (bicyclic) bond motifs is 1. The SMILES string of the molecule is Cn1cnc2cc(C(=O)NCc3ccc[nH]3)ccc21. The molecule has 2 heterocycles. The normalized spacial score (nSPS) is 10.8. The van der Waals surface area contributed by atoms with Crippen molar-refractivity contribution in [3.63, 3.8) is 0 Å². The Kier molecular flexibility index (Phi) is 2.79. The molecule has 0 spiro atoms. The predicted octanol–water partition coefficient (Wildman–Crippen LogP) is 1.83. The summed E-state index contributed by atoms with van der Waals surface area (Å²) in [5.41, 5.74) is 3.45. The maximum absolute atomic E-state index is 12.0. The Hall–Kier alpha value is -2.56. The Morgan fingerprint density at radius 2 is 2.32 bits per heavy atom. The number of nitrogens with zero attached hydrogens (tertiary/aromatic N) is 2. The van der Waals surface area contributed by atoms with Crippen LogP contribution >= 0.6 is 0 Å². The van der Waals surface area contributed by atoms with Gasteiger partial charge in [0.05, 0.1) is 23.9 Å². The molecule has 2 aromatic heterocycles. The lowest BCUT2D eigenvalue weighted by Crippen LogP contribution is -2.22. The molecule has 0 saturated heterocycles. The van der Waals surface area contributed by atoms with Crippen molar-refractivity contribution in [3.05, 3.63) is 54.1 Å². The van der Waals surface area contributed by atoms with Gasteiger partial charge in [-0.1, -0.05) is 0 Å². The van der Waals surface area contributed by atoms with Gasteiger partial charge in [-0.05, 0) is 30.3 Å². The number of hydrogen-bond donors (Lipinski definition) is 2. The van der Waals surface area contributed by atoms with Gasteiger partial charge in [-0.2, -0.15) is 0 Å². The average Bonchev–Trinajstić information content (AvgIpc) is 3.06. The number of hydrogen-bond acceptors (Lipinski definition) is 2. The van der Waals surface area contributed by atoms with Crippen LogP contribution in [0, 0.1) is 0 Å². The number of H-pyrrole nitrogens is 1. The molecule has 0 bridgehead atoms. The Morgan fingerprint density at radius 3 is 3.11 bits per heavy atom. The van der Waals surface area contributed by atoms with Crippen LogP contribution in [-0.4, -0.2) is 20.4 Å². The first-order chi connectivity index (χ1) is 9.24. The molecule has 96 valence electrons. The van der Waals surface area contributed by atoms with Crippen molar-refractivity contribution in [2.75, 3.05) is 0 Å². The van der Waals surface area contributed by atoms with E-state index in [1.165, 1.54) is 0 Å². The molecule has 0 unspecified atom stereocenters. The lowest BCUT2D eigenvalue weighted by atomic mass is 10.2. The van der Waals surface area contributed by atoms with Gasteiger partial charge in [0.2, 0.25) is 0 Å². The number of imidazole rings is 1. The molecule has 2 N–H and O–H groups in total. The molecular weight excluding hydrogens is 240 g/mol. The topological polar surface area (TPSA) is 62.7 Å². The van der Waals surface area contributed by atoms with Crippen LogP contribution in [0.4, 0.5) is 0 Å². The number of carbonyl (C=O) groups excluding carboxylic acids is 1. The van der Waals surface area contributed by atoms with Crippen LogP contribution < -0.4 is 5.32 Å². The highest BCUT2D eigenvalue weighted by atomic mass is 16.1. The Labute approximate surface area is 110 Å². The number of rotatable bonds is 3. The van der Waals surface area contributed by atoms with Gasteiger partial charge in [0.15, 0.2) is 0 Å². The fraction of sp³-hybridized carbons (Fsp3) is 0.143. The van der Waals surface area contributed by atoms with E-state index in [2.05, 4.69) is 15.3 Å². The summed E-state index contributed by atoms with van der Waals surface area (Å²) in [7, 11) is 1.93. The van der Waals surface area contributed by atoms with Crippen molar-refractivity contribution in [1.29, 1.82) is 0 Å². The third kappa shape index (κ3) is 2.22. The van der Waals surface area contributed by atoms with Crippen LogP contribution in [0.5, 0.6) is 0 Å². The largest absolute Gasteiger partial charge is 0.364 e. The van der Waals surface area contributed by atoms with Crippen molar-refractivity contribution in [3.8, 4) is 0 Å². The zero-order valence-electron chi connectivity index (χ0n) is 10.6. The number of nitrogens with one attached hydrogen (secondary N) is 2. The molecule has 0 aliphatic heterocycles. The molecule has 5 nitrogen and oxygen atoms in total. The van der Waals surface area contributed by atoms with E-state index in [9.17, 15) is 4.79 Å². The molecule has 0 atom stereocenters. The first kappa shape index (κ1) is 11.5. The van der Waals surface area contributed by atoms with Gasteiger partial charge < -0.3 is 14.9 Å². The zero-order valence-corrected chi connectivity index (χ0v) is 10.6. The molecule has 0 fully saturated rings. The molecule has 19 heavy (non-hydrogen) atoms. The van der Waals surface area contributed by atoms with Gasteiger partial charge >= 0.3 is 0 Å². The monoisotopic (exact) mass is 254 g/mol. The van der Waals surface area contributed by atoms with Gasteiger partial charge in [0.25, 0.3) is 5.91 Å². The van der Waals surface area contributed by atoms with E-state index < -0.39 is 0 Å². The molecule has 3 rings (SSSR count). The van der Waals surface area contributed by atoms with Crippen LogP contribution in [0.1, 0.15) is 16.1 Å². The second kappa shape index (κ2) is 4.61. The lowest BCUT2D eigenvalue weighted by Gasteiger charge is -2.04. The van der Waals surface area contributed by atoms with Crippen LogP contribution in [0.2, 0.25) is 0 Å². The number of benzene rings is 1. The molecule has 0 radical (unpaired) electrons. The van der Waals surface area contributed by atoms with Gasteiger partial charge in [-0.25, -0.2) is 4.98 Å². The molecule has 5 heteroatoms. The summed E-state index contributed by atoms with van der Waals surface area (Å²) in [5, 5.41) is 2.87. The van der Waals surface area contributed by atoms with E-state index in [0.29, 0.717) is 12.1 Å². The van der Waals surface area contributed by atoms with Gasteiger partial charge in [0.1, 0.15) is 0 Å². The Morgan fingerprint density at radius 1 is 1.42 bits per heavy atom. The third-order valence-corrected chi connectivity index (χ3v) is 3.09. The molecule has 0 saturated carbocycles. The summed E-state index contributed by atoms with van der Waals surface area (Å²) >= 11 is 0. The van der Waals surface area contributed by atoms with Crippen molar-refractivity contribution >= 4 is 16.9 Å². The maximum Gasteiger partial charge on any atom is 0.251 e. The smallest absolute Gasteiger partial charge is 0.251 e. The quantitative estimate of drug-likeness (QED) is 0.749. The van der Waals surface area contributed by atoms with E-state index in [1.54, 1.807) is 12.4 Å².